The Hall–Kier alpha value is -3.67. The fraction of sp³-hybridized carbons (Fsp3) is 0.0500. The molecule has 4 rings (SSSR count). The monoisotopic (exact) mass is 343 g/mol. The van der Waals surface area contributed by atoms with E-state index in [1.54, 1.807) is 12.4 Å². The van der Waals surface area contributed by atoms with E-state index in [9.17, 15) is 4.79 Å². The lowest BCUT2D eigenvalue weighted by Gasteiger charge is -2.08. The first-order chi connectivity index (χ1) is 12.5. The summed E-state index contributed by atoms with van der Waals surface area (Å²) in [6, 6.07) is 15.9. The summed E-state index contributed by atoms with van der Waals surface area (Å²) < 4.78 is 1.91. The number of amides is 1. The van der Waals surface area contributed by atoms with Crippen molar-refractivity contribution in [3.05, 3.63) is 72.1 Å². The maximum absolute atomic E-state index is 12.5. The first-order valence-corrected chi connectivity index (χ1v) is 8.14. The summed E-state index contributed by atoms with van der Waals surface area (Å²) in [5, 5.41) is 2.85. The smallest absolute Gasteiger partial charge is 0.282 e. The van der Waals surface area contributed by atoms with Crippen molar-refractivity contribution >= 4 is 33.5 Å². The molecular weight excluding hydrogens is 326 g/mol. The zero-order chi connectivity index (χ0) is 18.3. The van der Waals surface area contributed by atoms with E-state index in [0.29, 0.717) is 5.56 Å². The molecule has 2 aromatic heterocycles. The van der Waals surface area contributed by atoms with Crippen LogP contribution in [-0.2, 0) is 0 Å². The minimum Gasteiger partial charge on any atom is -0.370 e. The molecule has 0 aliphatic heterocycles. The number of aromatic nitrogens is 2. The first kappa shape index (κ1) is 15.8. The van der Waals surface area contributed by atoms with Crippen LogP contribution < -0.4 is 11.5 Å². The van der Waals surface area contributed by atoms with Crippen molar-refractivity contribution in [1.82, 2.24) is 9.55 Å². The molecule has 0 spiro atoms. The van der Waals surface area contributed by atoms with E-state index in [0.717, 1.165) is 33.1 Å². The molecule has 2 heterocycles. The van der Waals surface area contributed by atoms with Crippen molar-refractivity contribution in [2.75, 3.05) is 0 Å². The Bertz CT molecular complexity index is 1180. The van der Waals surface area contributed by atoms with E-state index in [-0.39, 0.29) is 5.96 Å². The third-order valence-corrected chi connectivity index (χ3v) is 4.30. The number of pyridine rings is 1. The van der Waals surface area contributed by atoms with Gasteiger partial charge in [-0.3, -0.25) is 9.36 Å². The van der Waals surface area contributed by atoms with Gasteiger partial charge in [0.15, 0.2) is 5.96 Å². The second-order valence-corrected chi connectivity index (χ2v) is 6.13. The molecule has 1 amide bonds. The molecule has 4 N–H and O–H groups in total. The fourth-order valence-electron chi connectivity index (χ4n) is 3.16. The van der Waals surface area contributed by atoms with Gasteiger partial charge in [0.05, 0.1) is 11.1 Å². The molecule has 128 valence electrons. The van der Waals surface area contributed by atoms with Gasteiger partial charge < -0.3 is 11.5 Å². The fourth-order valence-corrected chi connectivity index (χ4v) is 3.16. The number of nitrogens with two attached hydrogens (primary N) is 2. The van der Waals surface area contributed by atoms with Crippen molar-refractivity contribution < 1.29 is 4.79 Å². The van der Waals surface area contributed by atoms with Gasteiger partial charge in [0, 0.05) is 23.2 Å². The summed E-state index contributed by atoms with van der Waals surface area (Å²) in [6.07, 6.45) is 3.50. The van der Waals surface area contributed by atoms with Crippen LogP contribution in [0.4, 0.5) is 0 Å². The van der Waals surface area contributed by atoms with Crippen LogP contribution in [0.1, 0.15) is 15.9 Å². The quantitative estimate of drug-likeness (QED) is 0.432. The molecule has 26 heavy (non-hydrogen) atoms. The predicted octanol–water partition coefficient (Wildman–Crippen LogP) is 2.90. The number of carbonyl (C=O) groups is 1. The lowest BCUT2D eigenvalue weighted by Crippen LogP contribution is -2.24. The van der Waals surface area contributed by atoms with Crippen molar-refractivity contribution in [2.45, 2.75) is 6.92 Å². The summed E-state index contributed by atoms with van der Waals surface area (Å²) >= 11 is 0. The first-order valence-electron chi connectivity index (χ1n) is 8.14. The molecule has 2 aromatic carbocycles. The van der Waals surface area contributed by atoms with Gasteiger partial charge in [-0.25, -0.2) is 4.98 Å². The minimum absolute atomic E-state index is 0.258. The molecule has 6 heteroatoms. The number of carbonyl (C=O) groups excluding carboxylic acids is 1. The van der Waals surface area contributed by atoms with E-state index in [1.807, 2.05) is 60.0 Å². The van der Waals surface area contributed by atoms with Crippen LogP contribution in [0.2, 0.25) is 0 Å². The average molecular weight is 343 g/mol. The zero-order valence-corrected chi connectivity index (χ0v) is 14.2. The number of aliphatic imine (C=N–C) groups is 1. The van der Waals surface area contributed by atoms with Gasteiger partial charge >= 0.3 is 0 Å². The molecule has 0 aliphatic carbocycles. The van der Waals surface area contributed by atoms with Gasteiger partial charge in [-0.2, -0.15) is 4.99 Å². The van der Waals surface area contributed by atoms with Gasteiger partial charge in [-0.1, -0.05) is 35.9 Å². The molecule has 4 aromatic rings. The van der Waals surface area contributed by atoms with E-state index < -0.39 is 5.91 Å². The summed E-state index contributed by atoms with van der Waals surface area (Å²) in [6.45, 7) is 1.97. The number of aryl methyl sites for hydroxylation is 1. The number of rotatable bonds is 2. The number of nitrogens with zero attached hydrogens (tertiary/aromatic N) is 3. The maximum atomic E-state index is 12.5. The zero-order valence-electron chi connectivity index (χ0n) is 14.2. The predicted molar refractivity (Wildman–Crippen MR) is 103 cm³/mol. The Morgan fingerprint density at radius 1 is 1.08 bits per heavy atom. The standard InChI is InChI=1S/C20H17N5O/c1-12-6-7-17-15(10-12)16(19(26)24-20(21)22)11-25(17)18-14-5-3-2-4-13(14)8-9-23-18/h2-11H,1H3,(H4,21,22,24,26). The van der Waals surface area contributed by atoms with Crippen molar-refractivity contribution in [3.8, 4) is 5.82 Å². The van der Waals surface area contributed by atoms with Gasteiger partial charge in [0.25, 0.3) is 5.91 Å². The third-order valence-electron chi connectivity index (χ3n) is 4.30. The number of benzene rings is 2. The Morgan fingerprint density at radius 2 is 1.88 bits per heavy atom. The molecule has 0 saturated carbocycles. The molecule has 0 atom stereocenters. The largest absolute Gasteiger partial charge is 0.370 e. The second-order valence-electron chi connectivity index (χ2n) is 6.13. The SMILES string of the molecule is Cc1ccc2c(c1)c(C(=O)N=C(N)N)cn2-c1nccc2ccccc12. The van der Waals surface area contributed by atoms with Crippen LogP contribution in [0.5, 0.6) is 0 Å². The highest BCUT2D eigenvalue weighted by atomic mass is 16.1. The number of fused-ring (bicyclic) bond motifs is 2. The molecule has 0 bridgehead atoms. The lowest BCUT2D eigenvalue weighted by molar-refractivity contribution is 0.100. The van der Waals surface area contributed by atoms with Gasteiger partial charge in [0.1, 0.15) is 5.82 Å². The Labute approximate surface area is 149 Å². The van der Waals surface area contributed by atoms with E-state index in [2.05, 4.69) is 9.98 Å². The van der Waals surface area contributed by atoms with Gasteiger partial charge in [-0.05, 0) is 30.5 Å². The van der Waals surface area contributed by atoms with Crippen molar-refractivity contribution in [2.24, 2.45) is 16.5 Å². The molecule has 0 fully saturated rings. The normalized spacial score (nSPS) is 11.0. The molecule has 0 unspecified atom stereocenters. The molecule has 0 saturated heterocycles. The van der Waals surface area contributed by atoms with Crippen LogP contribution in [0.3, 0.4) is 0 Å². The highest BCUT2D eigenvalue weighted by Crippen LogP contribution is 2.29. The van der Waals surface area contributed by atoms with Crippen LogP contribution in [0.25, 0.3) is 27.5 Å². The van der Waals surface area contributed by atoms with Crippen LogP contribution in [0.15, 0.2) is 65.9 Å². The van der Waals surface area contributed by atoms with Gasteiger partial charge in [-0.15, -0.1) is 0 Å². The summed E-state index contributed by atoms with van der Waals surface area (Å²) in [5.41, 5.74) is 13.1. The summed E-state index contributed by atoms with van der Waals surface area (Å²) in [7, 11) is 0. The minimum atomic E-state index is -0.473. The second kappa shape index (κ2) is 6.00. The van der Waals surface area contributed by atoms with E-state index in [4.69, 9.17) is 11.5 Å². The number of hydrogen-bond donors (Lipinski definition) is 2. The van der Waals surface area contributed by atoms with Gasteiger partial charge in [0.2, 0.25) is 0 Å². The Morgan fingerprint density at radius 3 is 2.69 bits per heavy atom. The summed E-state index contributed by atoms with van der Waals surface area (Å²) in [5.74, 6) is 0.0205. The lowest BCUT2D eigenvalue weighted by atomic mass is 10.1. The van der Waals surface area contributed by atoms with Crippen LogP contribution in [0, 0.1) is 6.92 Å². The highest BCUT2D eigenvalue weighted by Gasteiger charge is 2.17. The molecule has 0 radical (unpaired) electrons. The summed E-state index contributed by atoms with van der Waals surface area (Å²) in [4.78, 5) is 20.8. The van der Waals surface area contributed by atoms with Crippen LogP contribution >= 0.6 is 0 Å². The van der Waals surface area contributed by atoms with E-state index >= 15 is 0 Å². The number of hydrogen-bond acceptors (Lipinski definition) is 2. The Kier molecular flexibility index (Phi) is 3.65. The number of guanidine groups is 1. The Balaban J connectivity index is 2.05. The van der Waals surface area contributed by atoms with Crippen LogP contribution in [-0.4, -0.2) is 21.4 Å². The average Bonchev–Trinajstić information content (AvgIpc) is 2.99. The maximum Gasteiger partial charge on any atom is 0.282 e. The topological polar surface area (TPSA) is 99.3 Å². The van der Waals surface area contributed by atoms with Crippen molar-refractivity contribution in [1.29, 1.82) is 0 Å². The molecule has 0 aliphatic rings. The third kappa shape index (κ3) is 2.57. The molecule has 6 nitrogen and oxygen atoms in total. The van der Waals surface area contributed by atoms with Crippen molar-refractivity contribution in [3.63, 3.8) is 0 Å². The van der Waals surface area contributed by atoms with E-state index in [1.165, 1.54) is 0 Å². The molecular formula is C20H17N5O. The highest BCUT2D eigenvalue weighted by molar-refractivity contribution is 6.11.